The molecule has 0 aromatic carbocycles. The van der Waals surface area contributed by atoms with E-state index in [1.165, 1.54) is 19.3 Å². The van der Waals surface area contributed by atoms with E-state index in [-0.39, 0.29) is 0 Å². The van der Waals surface area contributed by atoms with Crippen LogP contribution in [0.25, 0.3) is 0 Å². The van der Waals surface area contributed by atoms with Crippen LogP contribution >= 0.6 is 0 Å². The average molecular weight is 164 g/mol. The number of fused-ring (bicyclic) bond motifs is 2. The first kappa shape index (κ1) is 8.34. The Morgan fingerprint density at radius 2 is 2.00 bits per heavy atom. The van der Waals surface area contributed by atoms with Crippen LogP contribution in [0, 0.1) is 22.7 Å². The van der Waals surface area contributed by atoms with Crippen molar-refractivity contribution in [3.63, 3.8) is 0 Å². The summed E-state index contributed by atoms with van der Waals surface area (Å²) in [5, 5.41) is 0. The van der Waals surface area contributed by atoms with Crippen molar-refractivity contribution in [2.24, 2.45) is 22.7 Å². The summed E-state index contributed by atoms with van der Waals surface area (Å²) in [6.45, 7) is 11.3. The SMILES string of the molecule is C=C[C@H]1C(C)(C)[C@H]2CC[C@]1(C)C2. The van der Waals surface area contributed by atoms with Gasteiger partial charge in [0.1, 0.15) is 0 Å². The summed E-state index contributed by atoms with van der Waals surface area (Å²) >= 11 is 0. The lowest BCUT2D eigenvalue weighted by molar-refractivity contribution is 0.114. The maximum absolute atomic E-state index is 4.00. The van der Waals surface area contributed by atoms with Gasteiger partial charge in [0.05, 0.1) is 0 Å². The molecule has 3 atom stereocenters. The molecule has 0 aliphatic heterocycles. The standard InChI is InChI=1S/C12H20/c1-5-10-11(2,3)9-6-7-12(10,4)8-9/h5,9-10H,1,6-8H2,2-4H3/t9-,10-,12+/m0/s1. The summed E-state index contributed by atoms with van der Waals surface area (Å²) in [6, 6.07) is 0. The molecule has 0 heteroatoms. The Morgan fingerprint density at radius 3 is 2.33 bits per heavy atom. The largest absolute Gasteiger partial charge is 0.103 e. The highest BCUT2D eigenvalue weighted by molar-refractivity contribution is 5.13. The summed E-state index contributed by atoms with van der Waals surface area (Å²) in [5.41, 5.74) is 1.12. The van der Waals surface area contributed by atoms with Crippen LogP contribution in [0.5, 0.6) is 0 Å². The van der Waals surface area contributed by atoms with Gasteiger partial charge in [-0.3, -0.25) is 0 Å². The van der Waals surface area contributed by atoms with Crippen LogP contribution in [0.15, 0.2) is 12.7 Å². The fourth-order valence-corrected chi connectivity index (χ4v) is 3.93. The highest BCUT2D eigenvalue weighted by Crippen LogP contribution is 2.66. The van der Waals surface area contributed by atoms with Gasteiger partial charge in [-0.05, 0) is 41.9 Å². The first-order chi connectivity index (χ1) is 5.50. The minimum atomic E-state index is 0.523. The van der Waals surface area contributed by atoms with Gasteiger partial charge in [-0.15, -0.1) is 6.58 Å². The van der Waals surface area contributed by atoms with Gasteiger partial charge in [0.2, 0.25) is 0 Å². The lowest BCUT2D eigenvalue weighted by atomic mass is 9.64. The lowest BCUT2D eigenvalue weighted by Gasteiger charge is -2.41. The molecule has 0 spiro atoms. The minimum Gasteiger partial charge on any atom is -0.103 e. The van der Waals surface area contributed by atoms with E-state index in [9.17, 15) is 0 Å². The Hall–Kier alpha value is -0.260. The molecule has 2 saturated carbocycles. The van der Waals surface area contributed by atoms with Gasteiger partial charge in [-0.1, -0.05) is 26.8 Å². The molecule has 0 heterocycles. The fraction of sp³-hybridized carbons (Fsp3) is 0.833. The molecule has 0 amide bonds. The Labute approximate surface area is 76.1 Å². The second-order valence-electron chi connectivity index (χ2n) is 5.63. The summed E-state index contributed by atoms with van der Waals surface area (Å²) in [6.07, 6.45) is 6.53. The highest BCUT2D eigenvalue weighted by atomic mass is 14.6. The van der Waals surface area contributed by atoms with Crippen molar-refractivity contribution in [3.05, 3.63) is 12.7 Å². The fourth-order valence-electron chi connectivity index (χ4n) is 3.93. The van der Waals surface area contributed by atoms with Crippen LogP contribution in [0.4, 0.5) is 0 Å². The van der Waals surface area contributed by atoms with Crippen molar-refractivity contribution >= 4 is 0 Å². The Bertz CT molecular complexity index is 209. The van der Waals surface area contributed by atoms with Crippen LogP contribution in [0.1, 0.15) is 40.0 Å². The summed E-state index contributed by atoms with van der Waals surface area (Å²) in [7, 11) is 0. The van der Waals surface area contributed by atoms with E-state index in [4.69, 9.17) is 0 Å². The molecule has 68 valence electrons. The zero-order chi connectivity index (χ0) is 8.98. The maximum atomic E-state index is 4.00. The van der Waals surface area contributed by atoms with Crippen LogP contribution in [0.2, 0.25) is 0 Å². The predicted octanol–water partition coefficient (Wildman–Crippen LogP) is 3.63. The Morgan fingerprint density at radius 1 is 1.33 bits per heavy atom. The zero-order valence-corrected chi connectivity index (χ0v) is 8.56. The van der Waals surface area contributed by atoms with Gasteiger partial charge in [0, 0.05) is 0 Å². The molecular formula is C12H20. The molecule has 0 radical (unpaired) electrons. The van der Waals surface area contributed by atoms with Crippen LogP contribution in [-0.4, -0.2) is 0 Å². The van der Waals surface area contributed by atoms with Gasteiger partial charge < -0.3 is 0 Å². The normalized spacial score (nSPS) is 49.6. The van der Waals surface area contributed by atoms with Crippen LogP contribution in [0.3, 0.4) is 0 Å². The van der Waals surface area contributed by atoms with Gasteiger partial charge >= 0.3 is 0 Å². The number of allylic oxidation sites excluding steroid dienone is 1. The third kappa shape index (κ3) is 0.787. The molecule has 2 aliphatic carbocycles. The summed E-state index contributed by atoms with van der Waals surface area (Å²) in [5.74, 6) is 1.72. The molecule has 2 rings (SSSR count). The quantitative estimate of drug-likeness (QED) is 0.519. The maximum Gasteiger partial charge on any atom is -0.0128 e. The molecular weight excluding hydrogens is 144 g/mol. The predicted molar refractivity (Wildman–Crippen MR) is 52.9 cm³/mol. The van der Waals surface area contributed by atoms with E-state index in [1.54, 1.807) is 0 Å². The van der Waals surface area contributed by atoms with E-state index in [0.717, 1.165) is 11.8 Å². The summed E-state index contributed by atoms with van der Waals surface area (Å²) < 4.78 is 0. The first-order valence-corrected chi connectivity index (χ1v) is 5.13. The molecule has 2 aliphatic rings. The lowest BCUT2D eigenvalue weighted by Crippen LogP contribution is -2.33. The van der Waals surface area contributed by atoms with E-state index < -0.39 is 0 Å². The Kier molecular flexibility index (Phi) is 1.50. The van der Waals surface area contributed by atoms with E-state index in [2.05, 4.69) is 33.4 Å². The number of hydrogen-bond donors (Lipinski definition) is 0. The Balaban J connectivity index is 2.37. The molecule has 0 aromatic rings. The van der Waals surface area contributed by atoms with Gasteiger partial charge in [-0.2, -0.15) is 0 Å². The molecule has 0 nitrogen and oxygen atoms in total. The van der Waals surface area contributed by atoms with Gasteiger partial charge in [-0.25, -0.2) is 0 Å². The van der Waals surface area contributed by atoms with Crippen LogP contribution < -0.4 is 0 Å². The molecule has 2 fully saturated rings. The smallest absolute Gasteiger partial charge is 0.0128 e. The zero-order valence-electron chi connectivity index (χ0n) is 8.56. The van der Waals surface area contributed by atoms with Crippen molar-refractivity contribution in [1.82, 2.24) is 0 Å². The van der Waals surface area contributed by atoms with Gasteiger partial charge in [0.25, 0.3) is 0 Å². The molecule has 2 bridgehead atoms. The molecule has 0 aromatic heterocycles. The molecule has 0 unspecified atom stereocenters. The molecule has 0 saturated heterocycles. The van der Waals surface area contributed by atoms with Gasteiger partial charge in [0.15, 0.2) is 0 Å². The molecule has 12 heavy (non-hydrogen) atoms. The molecule has 0 N–H and O–H groups in total. The third-order valence-electron chi connectivity index (χ3n) is 4.62. The van der Waals surface area contributed by atoms with E-state index in [0.29, 0.717) is 10.8 Å². The van der Waals surface area contributed by atoms with E-state index in [1.807, 2.05) is 0 Å². The van der Waals surface area contributed by atoms with Crippen molar-refractivity contribution in [3.8, 4) is 0 Å². The topological polar surface area (TPSA) is 0 Å². The number of hydrogen-bond acceptors (Lipinski definition) is 0. The summed E-state index contributed by atoms with van der Waals surface area (Å²) in [4.78, 5) is 0. The second kappa shape index (κ2) is 2.16. The third-order valence-corrected chi connectivity index (χ3v) is 4.62. The van der Waals surface area contributed by atoms with Crippen molar-refractivity contribution in [1.29, 1.82) is 0 Å². The van der Waals surface area contributed by atoms with E-state index >= 15 is 0 Å². The average Bonchev–Trinajstić information content (AvgIpc) is 2.39. The minimum absolute atomic E-state index is 0.523. The van der Waals surface area contributed by atoms with Crippen molar-refractivity contribution in [2.45, 2.75) is 40.0 Å². The van der Waals surface area contributed by atoms with Crippen molar-refractivity contribution < 1.29 is 0 Å². The monoisotopic (exact) mass is 164 g/mol. The highest BCUT2D eigenvalue weighted by Gasteiger charge is 2.57. The number of rotatable bonds is 1. The second-order valence-corrected chi connectivity index (χ2v) is 5.63. The van der Waals surface area contributed by atoms with Crippen LogP contribution in [-0.2, 0) is 0 Å². The van der Waals surface area contributed by atoms with Crippen molar-refractivity contribution in [2.75, 3.05) is 0 Å². The first-order valence-electron chi connectivity index (χ1n) is 5.13.